The van der Waals surface area contributed by atoms with Gasteiger partial charge >= 0.3 is 0 Å². The van der Waals surface area contributed by atoms with E-state index in [2.05, 4.69) is 4.72 Å². The number of hydrogen-bond acceptors (Lipinski definition) is 4. The lowest BCUT2D eigenvalue weighted by Gasteiger charge is -2.25. The van der Waals surface area contributed by atoms with Crippen LogP contribution in [-0.4, -0.2) is 41.3 Å². The molecule has 1 aliphatic rings. The first-order valence-electron chi connectivity index (χ1n) is 6.42. The van der Waals surface area contributed by atoms with Crippen LogP contribution in [0.4, 0.5) is 0 Å². The Bertz CT molecular complexity index is 660. The van der Waals surface area contributed by atoms with Crippen LogP contribution >= 0.6 is 0 Å². The zero-order valence-corrected chi connectivity index (χ0v) is 12.9. The number of nitrogens with zero attached hydrogens (tertiary/aromatic N) is 1. The van der Waals surface area contributed by atoms with Crippen molar-refractivity contribution in [3.8, 4) is 0 Å². The molecule has 2 rings (SSSR count). The molecule has 0 radical (unpaired) electrons. The number of piperidine rings is 1. The largest absolute Gasteiger partial charge is 0.243 e. The third-order valence-corrected chi connectivity index (χ3v) is 6.70. The Kier molecular flexibility index (Phi) is 4.48. The summed E-state index contributed by atoms with van der Waals surface area (Å²) in [6, 6.07) is 5.30. The molecule has 0 aliphatic carbocycles. The predicted octanol–water partition coefficient (Wildman–Crippen LogP) is 0.769. The lowest BCUT2D eigenvalue weighted by molar-refractivity contribution is 0.346. The van der Waals surface area contributed by atoms with Crippen LogP contribution in [0.25, 0.3) is 0 Å². The summed E-state index contributed by atoms with van der Waals surface area (Å²) in [4.78, 5) is 0.187. The van der Waals surface area contributed by atoms with Crippen LogP contribution in [0.1, 0.15) is 19.3 Å². The van der Waals surface area contributed by atoms with Gasteiger partial charge in [0, 0.05) is 13.1 Å². The van der Waals surface area contributed by atoms with Gasteiger partial charge in [-0.3, -0.25) is 0 Å². The molecule has 1 saturated heterocycles. The molecule has 1 heterocycles. The van der Waals surface area contributed by atoms with Crippen LogP contribution in [-0.2, 0) is 20.0 Å². The standard InChI is InChI=1S/C12H18N2O4S2/c1-13-19(15,16)11-5-7-12(8-6-11)20(17,18)14-9-3-2-4-10-14/h5-8,13H,2-4,9-10H2,1H3. The van der Waals surface area contributed by atoms with Crippen molar-refractivity contribution in [2.24, 2.45) is 0 Å². The first-order valence-corrected chi connectivity index (χ1v) is 9.34. The first-order chi connectivity index (χ1) is 9.38. The van der Waals surface area contributed by atoms with Gasteiger partial charge in [0.2, 0.25) is 20.0 Å². The lowest BCUT2D eigenvalue weighted by atomic mass is 10.2. The summed E-state index contributed by atoms with van der Waals surface area (Å²) in [6.45, 7) is 1.05. The Hall–Kier alpha value is -0.960. The van der Waals surface area contributed by atoms with Gasteiger partial charge in [-0.15, -0.1) is 0 Å². The summed E-state index contributed by atoms with van der Waals surface area (Å²) >= 11 is 0. The van der Waals surface area contributed by atoms with Crippen molar-refractivity contribution in [3.63, 3.8) is 0 Å². The van der Waals surface area contributed by atoms with E-state index in [1.807, 2.05) is 0 Å². The molecule has 0 spiro atoms. The normalized spacial score (nSPS) is 18.1. The third-order valence-electron chi connectivity index (χ3n) is 3.36. The van der Waals surface area contributed by atoms with Gasteiger partial charge in [0.25, 0.3) is 0 Å². The molecule has 112 valence electrons. The molecule has 1 aromatic carbocycles. The number of hydrogen-bond donors (Lipinski definition) is 1. The third kappa shape index (κ3) is 3.03. The van der Waals surface area contributed by atoms with Gasteiger partial charge in [-0.1, -0.05) is 6.42 Å². The van der Waals surface area contributed by atoms with Gasteiger partial charge in [-0.05, 0) is 44.2 Å². The molecule has 1 N–H and O–H groups in total. The molecule has 0 amide bonds. The van der Waals surface area contributed by atoms with Gasteiger partial charge in [0.05, 0.1) is 9.79 Å². The minimum Gasteiger partial charge on any atom is -0.214 e. The summed E-state index contributed by atoms with van der Waals surface area (Å²) in [7, 11) is -5.74. The van der Waals surface area contributed by atoms with E-state index in [9.17, 15) is 16.8 Å². The fourth-order valence-electron chi connectivity index (χ4n) is 2.16. The molecule has 0 aromatic heterocycles. The average Bonchev–Trinajstić information content (AvgIpc) is 2.48. The molecule has 1 aliphatic heterocycles. The molecule has 20 heavy (non-hydrogen) atoms. The van der Waals surface area contributed by atoms with E-state index < -0.39 is 20.0 Å². The van der Waals surface area contributed by atoms with Crippen LogP contribution in [0, 0.1) is 0 Å². The van der Waals surface area contributed by atoms with Gasteiger partial charge in [-0.25, -0.2) is 21.6 Å². The zero-order chi connectivity index (χ0) is 14.8. The molecule has 0 unspecified atom stereocenters. The monoisotopic (exact) mass is 318 g/mol. The minimum atomic E-state index is -3.54. The quantitative estimate of drug-likeness (QED) is 0.889. The topological polar surface area (TPSA) is 83.5 Å². The van der Waals surface area contributed by atoms with Crippen molar-refractivity contribution in [1.82, 2.24) is 9.03 Å². The SMILES string of the molecule is CNS(=O)(=O)c1ccc(S(=O)(=O)N2CCCCC2)cc1. The van der Waals surface area contributed by atoms with E-state index in [4.69, 9.17) is 0 Å². The van der Waals surface area contributed by atoms with Crippen molar-refractivity contribution < 1.29 is 16.8 Å². The van der Waals surface area contributed by atoms with E-state index in [0.717, 1.165) is 19.3 Å². The number of nitrogens with one attached hydrogen (secondary N) is 1. The molecular weight excluding hydrogens is 300 g/mol. The van der Waals surface area contributed by atoms with Crippen LogP contribution in [0.2, 0.25) is 0 Å². The van der Waals surface area contributed by atoms with Crippen molar-refractivity contribution in [1.29, 1.82) is 0 Å². The maximum Gasteiger partial charge on any atom is 0.243 e. The Morgan fingerprint density at radius 2 is 1.40 bits per heavy atom. The Morgan fingerprint density at radius 1 is 0.900 bits per heavy atom. The second-order valence-electron chi connectivity index (χ2n) is 4.64. The highest BCUT2D eigenvalue weighted by Gasteiger charge is 2.26. The Balaban J connectivity index is 2.30. The van der Waals surface area contributed by atoms with Crippen LogP contribution in [0.3, 0.4) is 0 Å². The van der Waals surface area contributed by atoms with Crippen molar-refractivity contribution in [3.05, 3.63) is 24.3 Å². The average molecular weight is 318 g/mol. The first kappa shape index (κ1) is 15.4. The van der Waals surface area contributed by atoms with Crippen LogP contribution in [0.5, 0.6) is 0 Å². The summed E-state index contributed by atoms with van der Waals surface area (Å²) in [5, 5.41) is 0. The van der Waals surface area contributed by atoms with Crippen molar-refractivity contribution in [2.75, 3.05) is 20.1 Å². The number of sulfonamides is 2. The Morgan fingerprint density at radius 3 is 1.90 bits per heavy atom. The second-order valence-corrected chi connectivity index (χ2v) is 8.47. The molecule has 1 aromatic rings. The van der Waals surface area contributed by atoms with E-state index in [1.54, 1.807) is 0 Å². The smallest absolute Gasteiger partial charge is 0.214 e. The lowest BCUT2D eigenvalue weighted by Crippen LogP contribution is -2.35. The van der Waals surface area contributed by atoms with Gasteiger partial charge < -0.3 is 0 Å². The minimum absolute atomic E-state index is 0.0533. The summed E-state index contributed by atoms with van der Waals surface area (Å²) < 4.78 is 51.6. The van der Waals surface area contributed by atoms with E-state index in [-0.39, 0.29) is 9.79 Å². The molecule has 6 nitrogen and oxygen atoms in total. The molecule has 0 bridgehead atoms. The maximum atomic E-state index is 12.4. The Labute approximate surface area is 119 Å². The van der Waals surface area contributed by atoms with Gasteiger partial charge in [-0.2, -0.15) is 4.31 Å². The van der Waals surface area contributed by atoms with Crippen molar-refractivity contribution >= 4 is 20.0 Å². The van der Waals surface area contributed by atoms with Crippen LogP contribution < -0.4 is 4.72 Å². The maximum absolute atomic E-state index is 12.4. The highest BCUT2D eigenvalue weighted by atomic mass is 32.2. The molecule has 0 saturated carbocycles. The van der Waals surface area contributed by atoms with E-state index in [1.165, 1.54) is 35.6 Å². The summed E-state index contributed by atoms with van der Waals surface area (Å²) in [5.41, 5.74) is 0. The summed E-state index contributed by atoms with van der Waals surface area (Å²) in [5.74, 6) is 0. The summed E-state index contributed by atoms with van der Waals surface area (Å²) in [6.07, 6.45) is 2.78. The molecule has 0 atom stereocenters. The van der Waals surface area contributed by atoms with Crippen LogP contribution in [0.15, 0.2) is 34.1 Å². The van der Waals surface area contributed by atoms with E-state index in [0.29, 0.717) is 13.1 Å². The highest BCUT2D eigenvalue weighted by molar-refractivity contribution is 7.89. The molecule has 8 heteroatoms. The fourth-order valence-corrected chi connectivity index (χ4v) is 4.41. The molecular formula is C12H18N2O4S2. The highest BCUT2D eigenvalue weighted by Crippen LogP contribution is 2.21. The number of benzene rings is 1. The molecule has 1 fully saturated rings. The van der Waals surface area contributed by atoms with Gasteiger partial charge in [0.15, 0.2) is 0 Å². The fraction of sp³-hybridized carbons (Fsp3) is 0.500. The van der Waals surface area contributed by atoms with Gasteiger partial charge in [0.1, 0.15) is 0 Å². The predicted molar refractivity (Wildman–Crippen MR) is 75.3 cm³/mol. The zero-order valence-electron chi connectivity index (χ0n) is 11.2. The second kappa shape index (κ2) is 5.80. The van der Waals surface area contributed by atoms with E-state index >= 15 is 0 Å². The number of rotatable bonds is 4. The van der Waals surface area contributed by atoms with Crippen molar-refractivity contribution in [2.45, 2.75) is 29.1 Å².